The van der Waals surface area contributed by atoms with Crippen molar-refractivity contribution in [2.24, 2.45) is 0 Å². The minimum Gasteiger partial charge on any atom is -0.325 e. The molecule has 0 atom stereocenters. The van der Waals surface area contributed by atoms with E-state index in [2.05, 4.69) is 35.9 Å². The third-order valence-corrected chi connectivity index (χ3v) is 4.25. The Labute approximate surface area is 145 Å². The van der Waals surface area contributed by atoms with Gasteiger partial charge in [-0.15, -0.1) is 16.8 Å². The average molecular weight is 351 g/mol. The maximum atomic E-state index is 12.0. The van der Waals surface area contributed by atoms with Gasteiger partial charge in [-0.2, -0.15) is 0 Å². The molecule has 0 saturated carbocycles. The molecule has 7 heteroatoms. The Kier molecular flexibility index (Phi) is 6.24. The van der Waals surface area contributed by atoms with Gasteiger partial charge in [0.25, 0.3) is 0 Å². The minimum atomic E-state index is -0.100. The van der Waals surface area contributed by atoms with Crippen LogP contribution in [0.3, 0.4) is 0 Å². The van der Waals surface area contributed by atoms with Gasteiger partial charge in [-0.1, -0.05) is 43.3 Å². The molecule has 23 heavy (non-hydrogen) atoms. The SMILES string of the molecule is C=CCn1c(SCC(=O)Nc2ccc(Cl)cc2)nnc1C(C)C. The summed E-state index contributed by atoms with van der Waals surface area (Å²) in [5, 5.41) is 12.6. The quantitative estimate of drug-likeness (QED) is 0.606. The first-order valence-electron chi connectivity index (χ1n) is 7.23. The molecular weight excluding hydrogens is 332 g/mol. The number of amides is 1. The predicted molar refractivity (Wildman–Crippen MR) is 95.1 cm³/mol. The lowest BCUT2D eigenvalue weighted by Crippen LogP contribution is -2.14. The zero-order valence-electron chi connectivity index (χ0n) is 13.1. The summed E-state index contributed by atoms with van der Waals surface area (Å²) in [5.41, 5.74) is 0.718. The first-order valence-corrected chi connectivity index (χ1v) is 8.59. The van der Waals surface area contributed by atoms with E-state index < -0.39 is 0 Å². The molecule has 0 aliphatic heterocycles. The zero-order chi connectivity index (χ0) is 16.8. The molecule has 0 bridgehead atoms. The van der Waals surface area contributed by atoms with Crippen LogP contribution in [0.2, 0.25) is 5.02 Å². The van der Waals surface area contributed by atoms with E-state index in [0.717, 1.165) is 16.7 Å². The average Bonchev–Trinajstić information content (AvgIpc) is 2.91. The number of carbonyl (C=O) groups is 1. The van der Waals surface area contributed by atoms with Gasteiger partial charge in [0.15, 0.2) is 5.16 Å². The van der Waals surface area contributed by atoms with E-state index in [4.69, 9.17) is 11.6 Å². The third-order valence-electron chi connectivity index (χ3n) is 3.03. The zero-order valence-corrected chi connectivity index (χ0v) is 14.7. The van der Waals surface area contributed by atoms with Crippen molar-refractivity contribution in [3.63, 3.8) is 0 Å². The van der Waals surface area contributed by atoms with Crippen molar-refractivity contribution in [2.75, 3.05) is 11.1 Å². The molecule has 0 aliphatic carbocycles. The fourth-order valence-electron chi connectivity index (χ4n) is 2.00. The Hall–Kier alpha value is -1.79. The highest BCUT2D eigenvalue weighted by molar-refractivity contribution is 7.99. The molecule has 1 heterocycles. The summed E-state index contributed by atoms with van der Waals surface area (Å²) in [7, 11) is 0. The lowest BCUT2D eigenvalue weighted by molar-refractivity contribution is -0.113. The van der Waals surface area contributed by atoms with Crippen LogP contribution >= 0.6 is 23.4 Å². The van der Waals surface area contributed by atoms with Crippen LogP contribution in [-0.2, 0) is 11.3 Å². The number of anilines is 1. The molecule has 2 rings (SSSR count). The summed E-state index contributed by atoms with van der Waals surface area (Å²) >= 11 is 7.18. The van der Waals surface area contributed by atoms with Crippen molar-refractivity contribution in [1.82, 2.24) is 14.8 Å². The summed E-state index contributed by atoms with van der Waals surface area (Å²) in [6.07, 6.45) is 1.80. The standard InChI is InChI=1S/C16H19ClN4OS/c1-4-9-21-15(11(2)3)19-20-16(21)23-10-14(22)18-13-7-5-12(17)6-8-13/h4-8,11H,1,9-10H2,2-3H3,(H,18,22). The van der Waals surface area contributed by atoms with E-state index in [1.807, 2.05) is 4.57 Å². The maximum absolute atomic E-state index is 12.0. The summed E-state index contributed by atoms with van der Waals surface area (Å²) in [4.78, 5) is 12.0. The van der Waals surface area contributed by atoms with Gasteiger partial charge in [0.05, 0.1) is 5.75 Å². The molecule has 122 valence electrons. The Morgan fingerprint density at radius 3 is 2.70 bits per heavy atom. The van der Waals surface area contributed by atoms with Gasteiger partial charge in [0, 0.05) is 23.2 Å². The molecule has 1 amide bonds. The normalized spacial score (nSPS) is 10.8. The van der Waals surface area contributed by atoms with Crippen molar-refractivity contribution in [3.05, 3.63) is 47.8 Å². The number of allylic oxidation sites excluding steroid dienone is 1. The Morgan fingerprint density at radius 2 is 2.09 bits per heavy atom. The van der Waals surface area contributed by atoms with Crippen LogP contribution < -0.4 is 5.32 Å². The highest BCUT2D eigenvalue weighted by Gasteiger charge is 2.15. The molecular formula is C16H19ClN4OS. The molecule has 5 nitrogen and oxygen atoms in total. The topological polar surface area (TPSA) is 59.8 Å². The van der Waals surface area contributed by atoms with E-state index >= 15 is 0 Å². The van der Waals surface area contributed by atoms with Gasteiger partial charge in [-0.3, -0.25) is 4.79 Å². The lowest BCUT2D eigenvalue weighted by atomic mass is 10.2. The highest BCUT2D eigenvalue weighted by Crippen LogP contribution is 2.22. The smallest absolute Gasteiger partial charge is 0.234 e. The first kappa shape index (κ1) is 17.6. The fraction of sp³-hybridized carbons (Fsp3) is 0.312. The molecule has 0 saturated heterocycles. The Balaban J connectivity index is 1.98. The fourth-order valence-corrected chi connectivity index (χ4v) is 2.88. The number of aromatic nitrogens is 3. The number of hydrogen-bond acceptors (Lipinski definition) is 4. The predicted octanol–water partition coefficient (Wildman–Crippen LogP) is 3.97. The van der Waals surface area contributed by atoms with Crippen LogP contribution in [0.1, 0.15) is 25.6 Å². The van der Waals surface area contributed by atoms with E-state index in [0.29, 0.717) is 11.6 Å². The lowest BCUT2D eigenvalue weighted by Gasteiger charge is -2.09. The molecule has 0 fully saturated rings. The second-order valence-corrected chi connectivity index (χ2v) is 6.62. The second kappa shape index (κ2) is 8.17. The summed E-state index contributed by atoms with van der Waals surface area (Å²) < 4.78 is 1.98. The first-order chi connectivity index (χ1) is 11.0. The number of halogens is 1. The van der Waals surface area contributed by atoms with E-state index in [9.17, 15) is 4.79 Å². The van der Waals surface area contributed by atoms with Crippen LogP contribution in [0.4, 0.5) is 5.69 Å². The monoisotopic (exact) mass is 350 g/mol. The number of carbonyl (C=O) groups excluding carboxylic acids is 1. The number of nitrogens with zero attached hydrogens (tertiary/aromatic N) is 3. The molecule has 0 spiro atoms. The minimum absolute atomic E-state index is 0.100. The van der Waals surface area contributed by atoms with Gasteiger partial charge in [0.2, 0.25) is 5.91 Å². The summed E-state index contributed by atoms with van der Waals surface area (Å²) in [6, 6.07) is 7.00. The molecule has 0 unspecified atom stereocenters. The third kappa shape index (κ3) is 4.84. The van der Waals surface area contributed by atoms with Gasteiger partial charge in [0.1, 0.15) is 5.82 Å². The number of nitrogens with one attached hydrogen (secondary N) is 1. The van der Waals surface area contributed by atoms with Crippen molar-refractivity contribution >= 4 is 35.0 Å². The number of rotatable bonds is 7. The number of thioether (sulfide) groups is 1. The molecule has 0 aliphatic rings. The van der Waals surface area contributed by atoms with E-state index in [-0.39, 0.29) is 17.6 Å². The van der Waals surface area contributed by atoms with Gasteiger partial charge < -0.3 is 9.88 Å². The Bertz CT molecular complexity index is 682. The van der Waals surface area contributed by atoms with Crippen molar-refractivity contribution < 1.29 is 4.79 Å². The van der Waals surface area contributed by atoms with Gasteiger partial charge >= 0.3 is 0 Å². The van der Waals surface area contributed by atoms with Crippen molar-refractivity contribution in [2.45, 2.75) is 31.5 Å². The van der Waals surface area contributed by atoms with Gasteiger partial charge in [-0.05, 0) is 24.3 Å². The van der Waals surface area contributed by atoms with Crippen LogP contribution in [0, 0.1) is 0 Å². The summed E-state index contributed by atoms with van der Waals surface area (Å²) in [5.74, 6) is 1.32. The molecule has 2 aromatic rings. The molecule has 0 radical (unpaired) electrons. The molecule has 1 N–H and O–H groups in total. The van der Waals surface area contributed by atoms with Gasteiger partial charge in [-0.25, -0.2) is 0 Å². The van der Waals surface area contributed by atoms with Crippen LogP contribution in [0.25, 0.3) is 0 Å². The summed E-state index contributed by atoms with van der Waals surface area (Å²) in [6.45, 7) is 8.51. The van der Waals surface area contributed by atoms with E-state index in [1.165, 1.54) is 11.8 Å². The van der Waals surface area contributed by atoms with Crippen LogP contribution in [-0.4, -0.2) is 26.4 Å². The molecule has 1 aromatic heterocycles. The van der Waals surface area contributed by atoms with Crippen molar-refractivity contribution in [3.8, 4) is 0 Å². The maximum Gasteiger partial charge on any atom is 0.234 e. The number of hydrogen-bond donors (Lipinski definition) is 1. The van der Waals surface area contributed by atoms with Crippen molar-refractivity contribution in [1.29, 1.82) is 0 Å². The Morgan fingerprint density at radius 1 is 1.39 bits per heavy atom. The number of benzene rings is 1. The van der Waals surface area contributed by atoms with E-state index in [1.54, 1.807) is 30.3 Å². The van der Waals surface area contributed by atoms with Crippen LogP contribution in [0.5, 0.6) is 0 Å². The largest absolute Gasteiger partial charge is 0.325 e. The second-order valence-electron chi connectivity index (χ2n) is 5.24. The van der Waals surface area contributed by atoms with Crippen LogP contribution in [0.15, 0.2) is 42.1 Å². The molecule has 1 aromatic carbocycles. The highest BCUT2D eigenvalue weighted by atomic mass is 35.5.